The van der Waals surface area contributed by atoms with Gasteiger partial charge in [0.15, 0.2) is 0 Å². The molecule has 6 aromatic carbocycles. The molecular formula is C40H38O2Zr. The van der Waals surface area contributed by atoms with Crippen molar-refractivity contribution < 1.29 is 36.4 Å². The van der Waals surface area contributed by atoms with Crippen molar-refractivity contribution in [2.75, 3.05) is 0 Å². The standard InChI is InChI=1S/C20H14O2.C20H24.Zr/c21-17-11-9-13-5-1-3-7-15(13)19(17)20-16-8-4-2-6-14(16)10-12-18(20)22;1-3-7-19-15(5-1)9-11-17(19)13-14-18-12-10-16-6-2-4-8-20(16)18;/h1-12,21-22H;9-12H,1-8,13-14H2;/q;-2;+2. The molecule has 43 heavy (non-hydrogen) atoms. The van der Waals surface area contributed by atoms with Crippen molar-refractivity contribution in [2.24, 2.45) is 0 Å². The summed E-state index contributed by atoms with van der Waals surface area (Å²) in [5.74, 6) is 0.343. The van der Waals surface area contributed by atoms with Gasteiger partial charge in [0, 0.05) is 11.1 Å². The molecule has 2 nitrogen and oxygen atoms in total. The molecule has 0 aliphatic heterocycles. The van der Waals surface area contributed by atoms with Crippen LogP contribution in [0, 0.1) is 0 Å². The van der Waals surface area contributed by atoms with E-state index in [0.717, 1.165) is 21.5 Å². The maximum Gasteiger partial charge on any atom is 2.00 e. The molecule has 6 aromatic rings. The molecule has 2 aliphatic rings. The molecule has 8 rings (SSSR count). The van der Waals surface area contributed by atoms with Crippen LogP contribution < -0.4 is 0 Å². The molecule has 3 heteroatoms. The van der Waals surface area contributed by atoms with E-state index in [0.29, 0.717) is 11.1 Å². The van der Waals surface area contributed by atoms with Crippen LogP contribution >= 0.6 is 0 Å². The van der Waals surface area contributed by atoms with Gasteiger partial charge in [-0.2, -0.15) is 45.5 Å². The number of aromatic hydroxyl groups is 2. The molecular weight excluding hydrogens is 604 g/mol. The first kappa shape index (κ1) is 29.6. The van der Waals surface area contributed by atoms with Crippen LogP contribution in [0.4, 0.5) is 0 Å². The Labute approximate surface area is 273 Å². The van der Waals surface area contributed by atoms with E-state index in [9.17, 15) is 10.2 Å². The van der Waals surface area contributed by atoms with Gasteiger partial charge in [-0.3, -0.25) is 0 Å². The predicted octanol–water partition coefficient (Wildman–Crippen LogP) is 9.74. The van der Waals surface area contributed by atoms with E-state index < -0.39 is 0 Å². The zero-order chi connectivity index (χ0) is 28.5. The third-order valence-electron chi connectivity index (χ3n) is 9.50. The van der Waals surface area contributed by atoms with Gasteiger partial charge in [-0.15, -0.1) is 0 Å². The second kappa shape index (κ2) is 13.1. The maximum absolute atomic E-state index is 10.4. The van der Waals surface area contributed by atoms with E-state index in [-0.39, 0.29) is 37.7 Å². The van der Waals surface area contributed by atoms with Crippen molar-refractivity contribution in [3.8, 4) is 22.6 Å². The molecule has 2 N–H and O–H groups in total. The molecule has 0 bridgehead atoms. The zero-order valence-electron chi connectivity index (χ0n) is 24.7. The largest absolute Gasteiger partial charge is 2.00 e. The van der Waals surface area contributed by atoms with Gasteiger partial charge < -0.3 is 10.2 Å². The number of benzene rings is 4. The Bertz CT molecular complexity index is 1730. The zero-order valence-corrected chi connectivity index (χ0v) is 27.2. The molecule has 0 unspecified atom stereocenters. The summed E-state index contributed by atoms with van der Waals surface area (Å²) in [6.07, 6.45) is 13.4. The summed E-state index contributed by atoms with van der Waals surface area (Å²) < 4.78 is 0. The van der Waals surface area contributed by atoms with E-state index in [4.69, 9.17) is 0 Å². The average Bonchev–Trinajstić information content (AvgIpc) is 3.65. The van der Waals surface area contributed by atoms with Gasteiger partial charge >= 0.3 is 26.2 Å². The van der Waals surface area contributed by atoms with Gasteiger partial charge in [0.1, 0.15) is 11.5 Å². The molecule has 0 atom stereocenters. The summed E-state index contributed by atoms with van der Waals surface area (Å²) >= 11 is 0. The molecule has 0 saturated heterocycles. The van der Waals surface area contributed by atoms with Crippen LogP contribution in [-0.4, -0.2) is 10.2 Å². The molecule has 0 heterocycles. The van der Waals surface area contributed by atoms with Gasteiger partial charge in [0.2, 0.25) is 0 Å². The number of hydrogen-bond donors (Lipinski definition) is 2. The van der Waals surface area contributed by atoms with Crippen molar-refractivity contribution in [2.45, 2.75) is 64.2 Å². The number of fused-ring (bicyclic) bond motifs is 4. The summed E-state index contributed by atoms with van der Waals surface area (Å²) in [5, 5.41) is 24.8. The Hall–Kier alpha value is -3.42. The van der Waals surface area contributed by atoms with Crippen molar-refractivity contribution in [3.63, 3.8) is 0 Å². The van der Waals surface area contributed by atoms with Gasteiger partial charge in [0.05, 0.1) is 0 Å². The molecule has 0 amide bonds. The van der Waals surface area contributed by atoms with Crippen molar-refractivity contribution in [3.05, 3.63) is 130 Å². The topological polar surface area (TPSA) is 40.5 Å². The first-order valence-corrected chi connectivity index (χ1v) is 15.6. The number of rotatable bonds is 4. The van der Waals surface area contributed by atoms with Crippen LogP contribution in [0.2, 0.25) is 0 Å². The minimum Gasteiger partial charge on any atom is -0.507 e. The Morgan fingerprint density at radius 3 is 1.42 bits per heavy atom. The summed E-state index contributed by atoms with van der Waals surface area (Å²) in [5.41, 5.74) is 11.3. The minimum absolute atomic E-state index is 0. The first-order valence-electron chi connectivity index (χ1n) is 15.6. The summed E-state index contributed by atoms with van der Waals surface area (Å²) in [4.78, 5) is 0. The third-order valence-corrected chi connectivity index (χ3v) is 9.50. The van der Waals surface area contributed by atoms with E-state index in [1.165, 1.54) is 64.2 Å². The number of phenols is 2. The Morgan fingerprint density at radius 1 is 0.512 bits per heavy atom. The second-order valence-corrected chi connectivity index (χ2v) is 12.0. The molecule has 214 valence electrons. The fourth-order valence-electron chi connectivity index (χ4n) is 7.35. The van der Waals surface area contributed by atoms with Gasteiger partial charge in [0.25, 0.3) is 0 Å². The normalized spacial score (nSPS) is 14.0. The average molecular weight is 642 g/mol. The Morgan fingerprint density at radius 2 is 0.953 bits per heavy atom. The smallest absolute Gasteiger partial charge is 0.507 e. The van der Waals surface area contributed by atoms with Crippen molar-refractivity contribution >= 4 is 21.5 Å². The molecule has 0 saturated carbocycles. The quantitative estimate of drug-likeness (QED) is 0.188. The summed E-state index contributed by atoms with van der Waals surface area (Å²) in [6.45, 7) is 0. The first-order chi connectivity index (χ1) is 20.7. The molecule has 2 aliphatic carbocycles. The molecule has 0 spiro atoms. The van der Waals surface area contributed by atoms with E-state index in [1.54, 1.807) is 45.5 Å². The molecule has 0 fully saturated rings. The minimum atomic E-state index is 0. The number of aryl methyl sites for hydroxylation is 4. The van der Waals surface area contributed by atoms with Gasteiger partial charge in [-0.25, -0.2) is 12.1 Å². The molecule has 0 radical (unpaired) electrons. The Balaban J connectivity index is 0.000000150. The van der Waals surface area contributed by atoms with Crippen molar-refractivity contribution in [1.29, 1.82) is 0 Å². The van der Waals surface area contributed by atoms with Crippen LogP contribution in [0.25, 0.3) is 32.7 Å². The fourth-order valence-corrected chi connectivity index (χ4v) is 7.35. The number of hydrogen-bond acceptors (Lipinski definition) is 2. The predicted molar refractivity (Wildman–Crippen MR) is 175 cm³/mol. The monoisotopic (exact) mass is 640 g/mol. The van der Waals surface area contributed by atoms with E-state index in [2.05, 4.69) is 24.3 Å². The second-order valence-electron chi connectivity index (χ2n) is 12.0. The van der Waals surface area contributed by atoms with Crippen LogP contribution in [0.1, 0.15) is 59.1 Å². The SMILES string of the molecule is Oc1ccc2ccccc2c1-c1c(O)ccc2ccccc12.[Zr+2].c1c[c-]2c(c1CCc1cc[c-]3c1CCCC3)CCCC2. The summed E-state index contributed by atoms with van der Waals surface area (Å²) in [6, 6.07) is 32.5. The summed E-state index contributed by atoms with van der Waals surface area (Å²) in [7, 11) is 0. The van der Waals surface area contributed by atoms with Crippen molar-refractivity contribution in [1.82, 2.24) is 0 Å². The van der Waals surface area contributed by atoms with E-state index >= 15 is 0 Å². The number of phenolic OH excluding ortho intramolecular Hbond substituents is 2. The maximum atomic E-state index is 10.4. The molecule has 0 aromatic heterocycles. The van der Waals surface area contributed by atoms with Crippen LogP contribution in [-0.2, 0) is 64.7 Å². The third kappa shape index (κ3) is 5.90. The van der Waals surface area contributed by atoms with E-state index in [1.807, 2.05) is 60.7 Å². The van der Waals surface area contributed by atoms with Crippen LogP contribution in [0.15, 0.2) is 97.1 Å². The fraction of sp³-hybridized carbons (Fsp3) is 0.250. The Kier molecular flexibility index (Phi) is 9.01. The van der Waals surface area contributed by atoms with Crippen LogP contribution in [0.5, 0.6) is 11.5 Å². The van der Waals surface area contributed by atoms with Gasteiger partial charge in [-0.05, 0) is 33.7 Å². The van der Waals surface area contributed by atoms with Gasteiger partial charge in [-0.1, -0.05) is 125 Å². The van der Waals surface area contributed by atoms with Crippen LogP contribution in [0.3, 0.4) is 0 Å².